The van der Waals surface area contributed by atoms with E-state index in [4.69, 9.17) is 9.05 Å². The molecule has 24 heavy (non-hydrogen) atoms. The van der Waals surface area contributed by atoms with Crippen molar-refractivity contribution in [2.75, 3.05) is 25.5 Å². The molecule has 0 aromatic carbocycles. The van der Waals surface area contributed by atoms with Gasteiger partial charge in [0.2, 0.25) is 5.89 Å². The van der Waals surface area contributed by atoms with E-state index in [1.807, 2.05) is 4.90 Å². The maximum Gasteiger partial charge on any atom is 0.323 e. The third-order valence-electron chi connectivity index (χ3n) is 4.24. The normalized spacial score (nSPS) is 18.6. The summed E-state index contributed by atoms with van der Waals surface area (Å²) >= 11 is 0. The van der Waals surface area contributed by atoms with Crippen LogP contribution in [0, 0.1) is 6.92 Å². The number of carbonyl (C=O) groups excluding carboxylic acids is 1. The van der Waals surface area contributed by atoms with Crippen LogP contribution >= 0.6 is 0 Å². The second-order valence-electron chi connectivity index (χ2n) is 6.03. The number of rotatable bonds is 4. The Morgan fingerprint density at radius 3 is 3.00 bits per heavy atom. The fourth-order valence-electron chi connectivity index (χ4n) is 2.95. The van der Waals surface area contributed by atoms with E-state index in [0.717, 1.165) is 25.8 Å². The van der Waals surface area contributed by atoms with Gasteiger partial charge in [0, 0.05) is 32.1 Å². The van der Waals surface area contributed by atoms with Gasteiger partial charge in [-0.3, -0.25) is 10.2 Å². The molecule has 0 bridgehead atoms. The van der Waals surface area contributed by atoms with E-state index in [-0.39, 0.29) is 6.03 Å². The van der Waals surface area contributed by atoms with Crippen LogP contribution in [0.25, 0.3) is 0 Å². The monoisotopic (exact) mass is 334 g/mol. The highest BCUT2D eigenvalue weighted by atomic mass is 16.5. The average Bonchev–Trinajstić information content (AvgIpc) is 3.12. The number of nitrogens with one attached hydrogen (secondary N) is 1. The van der Waals surface area contributed by atoms with Crippen molar-refractivity contribution in [3.05, 3.63) is 24.0 Å². The molecule has 0 spiro atoms. The molecule has 3 heterocycles. The highest BCUT2D eigenvalue weighted by Crippen LogP contribution is 2.18. The molecule has 1 N–H and O–H groups in total. The van der Waals surface area contributed by atoms with Gasteiger partial charge in [-0.2, -0.15) is 4.98 Å². The first-order valence-corrected chi connectivity index (χ1v) is 8.07. The maximum absolute atomic E-state index is 12.3. The lowest BCUT2D eigenvalue weighted by Gasteiger charge is -2.26. The summed E-state index contributed by atoms with van der Waals surface area (Å²) in [5.74, 6) is 1.71. The number of likely N-dealkylation sites (tertiary alicyclic amines) is 1. The summed E-state index contributed by atoms with van der Waals surface area (Å²) in [6.07, 6.45) is 4.32. The van der Waals surface area contributed by atoms with Gasteiger partial charge < -0.3 is 13.9 Å². The van der Waals surface area contributed by atoms with Gasteiger partial charge >= 0.3 is 6.03 Å². The SMILES string of the molecule is Cc1nc(CN(C)C2CCCN(C(=O)Nc3ccon3)CC2)no1. The van der Waals surface area contributed by atoms with Crippen LogP contribution in [0.2, 0.25) is 0 Å². The molecule has 1 atom stereocenters. The molecule has 130 valence electrons. The van der Waals surface area contributed by atoms with Gasteiger partial charge in [0.25, 0.3) is 0 Å². The minimum absolute atomic E-state index is 0.138. The molecule has 9 heteroatoms. The summed E-state index contributed by atoms with van der Waals surface area (Å²) in [6.45, 7) is 3.86. The van der Waals surface area contributed by atoms with Crippen LogP contribution in [0.3, 0.4) is 0 Å². The molecule has 2 aromatic rings. The molecule has 1 unspecified atom stereocenters. The van der Waals surface area contributed by atoms with Crippen molar-refractivity contribution in [3.8, 4) is 0 Å². The van der Waals surface area contributed by atoms with E-state index in [0.29, 0.717) is 36.7 Å². The predicted molar refractivity (Wildman–Crippen MR) is 85.2 cm³/mol. The fourth-order valence-corrected chi connectivity index (χ4v) is 2.95. The van der Waals surface area contributed by atoms with Crippen LogP contribution in [0.4, 0.5) is 10.6 Å². The van der Waals surface area contributed by atoms with Gasteiger partial charge in [0.15, 0.2) is 11.6 Å². The number of urea groups is 1. The number of aryl methyl sites for hydroxylation is 1. The molecule has 9 nitrogen and oxygen atoms in total. The Bertz CT molecular complexity index is 656. The molecular weight excluding hydrogens is 312 g/mol. The lowest BCUT2D eigenvalue weighted by molar-refractivity contribution is 0.197. The second-order valence-corrected chi connectivity index (χ2v) is 6.03. The number of anilines is 1. The van der Waals surface area contributed by atoms with Crippen LogP contribution in [-0.4, -0.2) is 57.3 Å². The number of amides is 2. The first-order chi connectivity index (χ1) is 11.6. The van der Waals surface area contributed by atoms with Gasteiger partial charge in [0.1, 0.15) is 6.26 Å². The molecular formula is C15H22N6O3. The van der Waals surface area contributed by atoms with Crippen molar-refractivity contribution in [3.63, 3.8) is 0 Å². The Balaban J connectivity index is 1.51. The molecule has 2 aromatic heterocycles. The third kappa shape index (κ3) is 4.10. The van der Waals surface area contributed by atoms with Crippen molar-refractivity contribution < 1.29 is 13.8 Å². The number of aromatic nitrogens is 3. The van der Waals surface area contributed by atoms with Crippen LogP contribution in [0.5, 0.6) is 0 Å². The van der Waals surface area contributed by atoms with Crippen molar-refractivity contribution in [2.24, 2.45) is 0 Å². The average molecular weight is 334 g/mol. The standard InChI is InChI=1S/C15H22N6O3/c1-11-16-14(19-24-11)10-20(2)12-4-3-7-21(8-5-12)15(22)17-13-6-9-23-18-13/h6,9,12H,3-5,7-8,10H2,1-2H3,(H,17,18,22). The zero-order chi connectivity index (χ0) is 16.9. The minimum Gasteiger partial charge on any atom is -0.363 e. The van der Waals surface area contributed by atoms with E-state index < -0.39 is 0 Å². The van der Waals surface area contributed by atoms with Gasteiger partial charge in [-0.15, -0.1) is 0 Å². The molecule has 0 saturated carbocycles. The molecule has 0 radical (unpaired) electrons. The Morgan fingerprint density at radius 2 is 2.29 bits per heavy atom. The molecule has 1 fully saturated rings. The van der Waals surface area contributed by atoms with E-state index in [1.165, 1.54) is 6.26 Å². The van der Waals surface area contributed by atoms with E-state index in [9.17, 15) is 4.79 Å². The molecule has 1 aliphatic rings. The molecule has 1 aliphatic heterocycles. The van der Waals surface area contributed by atoms with Crippen molar-refractivity contribution in [1.82, 2.24) is 25.1 Å². The largest absolute Gasteiger partial charge is 0.363 e. The summed E-state index contributed by atoms with van der Waals surface area (Å²) in [4.78, 5) is 20.6. The van der Waals surface area contributed by atoms with E-state index >= 15 is 0 Å². The van der Waals surface area contributed by atoms with E-state index in [2.05, 4.69) is 32.6 Å². The number of hydrogen-bond acceptors (Lipinski definition) is 7. The van der Waals surface area contributed by atoms with Crippen LogP contribution in [0.15, 0.2) is 21.4 Å². The molecule has 0 aliphatic carbocycles. The van der Waals surface area contributed by atoms with Crippen LogP contribution in [0.1, 0.15) is 31.0 Å². The molecule has 2 amide bonds. The highest BCUT2D eigenvalue weighted by molar-refractivity contribution is 5.88. The van der Waals surface area contributed by atoms with Crippen molar-refractivity contribution >= 4 is 11.8 Å². The lowest BCUT2D eigenvalue weighted by atomic mass is 10.1. The second kappa shape index (κ2) is 7.43. The van der Waals surface area contributed by atoms with Gasteiger partial charge in [-0.25, -0.2) is 4.79 Å². The predicted octanol–water partition coefficient (Wildman–Crippen LogP) is 1.88. The Hall–Kier alpha value is -2.42. The van der Waals surface area contributed by atoms with Gasteiger partial charge in [-0.1, -0.05) is 10.3 Å². The number of hydrogen-bond donors (Lipinski definition) is 1. The highest BCUT2D eigenvalue weighted by Gasteiger charge is 2.24. The number of carbonyl (C=O) groups is 1. The van der Waals surface area contributed by atoms with Gasteiger partial charge in [0.05, 0.1) is 6.54 Å². The topological polar surface area (TPSA) is 101 Å². The van der Waals surface area contributed by atoms with E-state index in [1.54, 1.807) is 13.0 Å². The van der Waals surface area contributed by atoms with Gasteiger partial charge in [-0.05, 0) is 26.3 Å². The molecule has 1 saturated heterocycles. The summed E-state index contributed by atoms with van der Waals surface area (Å²) in [6, 6.07) is 1.87. The Labute approximate surface area is 140 Å². The van der Waals surface area contributed by atoms with Crippen LogP contribution < -0.4 is 5.32 Å². The zero-order valence-corrected chi connectivity index (χ0v) is 13.9. The smallest absolute Gasteiger partial charge is 0.323 e. The van der Waals surface area contributed by atoms with Crippen LogP contribution in [-0.2, 0) is 6.54 Å². The lowest BCUT2D eigenvalue weighted by Crippen LogP contribution is -2.37. The summed E-state index contributed by atoms with van der Waals surface area (Å²) in [7, 11) is 2.06. The Morgan fingerprint density at radius 1 is 1.42 bits per heavy atom. The first-order valence-electron chi connectivity index (χ1n) is 8.07. The Kier molecular flexibility index (Phi) is 5.09. The molecule has 3 rings (SSSR count). The summed E-state index contributed by atoms with van der Waals surface area (Å²) in [5.41, 5.74) is 0. The van der Waals surface area contributed by atoms with Crippen molar-refractivity contribution in [2.45, 2.75) is 38.8 Å². The summed E-state index contributed by atoms with van der Waals surface area (Å²) < 4.78 is 9.74. The quantitative estimate of drug-likeness (QED) is 0.911. The third-order valence-corrected chi connectivity index (χ3v) is 4.24. The zero-order valence-electron chi connectivity index (χ0n) is 13.9. The fraction of sp³-hybridized carbons (Fsp3) is 0.600. The maximum atomic E-state index is 12.3. The minimum atomic E-state index is -0.138. The summed E-state index contributed by atoms with van der Waals surface area (Å²) in [5, 5.41) is 10.4. The first kappa shape index (κ1) is 16.4. The van der Waals surface area contributed by atoms with Crippen molar-refractivity contribution in [1.29, 1.82) is 0 Å². The number of nitrogens with zero attached hydrogens (tertiary/aromatic N) is 5.